The monoisotopic (exact) mass is 407 g/mol. The molecule has 3 aromatic rings. The number of aryl methyl sites for hydroxylation is 1. The number of carbonyl (C=O) groups excluding carboxylic acids is 2. The molecule has 1 aromatic carbocycles. The molecule has 1 saturated heterocycles. The molecule has 0 bridgehead atoms. The van der Waals surface area contributed by atoms with E-state index < -0.39 is 0 Å². The van der Waals surface area contributed by atoms with Crippen LogP contribution in [0.3, 0.4) is 0 Å². The number of fused-ring (bicyclic) bond motifs is 1. The average Bonchev–Trinajstić information content (AvgIpc) is 3.05. The van der Waals surface area contributed by atoms with Gasteiger partial charge in [-0.1, -0.05) is 18.2 Å². The number of piperidine rings is 1. The van der Waals surface area contributed by atoms with Gasteiger partial charge in [-0.15, -0.1) is 0 Å². The Bertz CT molecular complexity index is 1120. The van der Waals surface area contributed by atoms with Gasteiger partial charge in [0.15, 0.2) is 0 Å². The molecule has 2 amide bonds. The Morgan fingerprint density at radius 2 is 1.83 bits per heavy atom. The summed E-state index contributed by atoms with van der Waals surface area (Å²) < 4.78 is 3.20. The summed E-state index contributed by atoms with van der Waals surface area (Å²) in [6.45, 7) is 3.36. The first-order valence-electron chi connectivity index (χ1n) is 10.3. The molecular weight excluding hydrogens is 382 g/mol. The van der Waals surface area contributed by atoms with E-state index in [1.165, 1.54) is 4.57 Å². The van der Waals surface area contributed by atoms with Gasteiger partial charge >= 0.3 is 5.69 Å². The second-order valence-electron chi connectivity index (χ2n) is 7.48. The number of nitrogens with zero attached hydrogens (tertiary/aromatic N) is 4. The number of amides is 2. The molecule has 8 heteroatoms. The van der Waals surface area contributed by atoms with Crippen molar-refractivity contribution in [2.24, 2.45) is 5.92 Å². The fourth-order valence-corrected chi connectivity index (χ4v) is 4.05. The number of benzene rings is 1. The molecule has 1 aliphatic heterocycles. The minimum Gasteiger partial charge on any atom is -0.340 e. The van der Waals surface area contributed by atoms with Crippen molar-refractivity contribution in [2.75, 3.05) is 18.4 Å². The van der Waals surface area contributed by atoms with Crippen molar-refractivity contribution < 1.29 is 9.59 Å². The van der Waals surface area contributed by atoms with E-state index in [0.29, 0.717) is 25.5 Å². The summed E-state index contributed by atoms with van der Waals surface area (Å²) in [4.78, 5) is 44.2. The molecule has 1 N–H and O–H groups in total. The van der Waals surface area contributed by atoms with Crippen LogP contribution in [-0.4, -0.2) is 43.9 Å². The van der Waals surface area contributed by atoms with Crippen molar-refractivity contribution in [3.63, 3.8) is 0 Å². The lowest BCUT2D eigenvalue weighted by Gasteiger charge is -2.32. The highest BCUT2D eigenvalue weighted by molar-refractivity contribution is 5.92. The summed E-state index contributed by atoms with van der Waals surface area (Å²) in [7, 11) is 0. The number of carbonyl (C=O) groups is 2. The van der Waals surface area contributed by atoms with Gasteiger partial charge in [-0.05, 0) is 44.0 Å². The summed E-state index contributed by atoms with van der Waals surface area (Å²) >= 11 is 0. The normalized spacial score (nSPS) is 16.6. The number of rotatable bonds is 5. The van der Waals surface area contributed by atoms with E-state index >= 15 is 0 Å². The minimum absolute atomic E-state index is 0.0269. The standard InChI is InChI=1S/C22H25N5O3/c1-2-26-17-9-3-4-10-18(17)27(22(26)30)15-20(28)25-13-7-8-16(14-25)21(29)24-19-11-5-6-12-23-19/h3-6,9-12,16H,2,7-8,13-15H2,1H3,(H,23,24,29). The van der Waals surface area contributed by atoms with Crippen molar-refractivity contribution in [3.05, 3.63) is 59.1 Å². The maximum Gasteiger partial charge on any atom is 0.329 e. The lowest BCUT2D eigenvalue weighted by molar-refractivity contribution is -0.135. The summed E-state index contributed by atoms with van der Waals surface area (Å²) in [5.41, 5.74) is 1.39. The number of likely N-dealkylation sites (tertiary alicyclic amines) is 1. The largest absolute Gasteiger partial charge is 0.340 e. The fraction of sp³-hybridized carbons (Fsp3) is 0.364. The van der Waals surface area contributed by atoms with Gasteiger partial charge in [-0.3, -0.25) is 18.7 Å². The highest BCUT2D eigenvalue weighted by Crippen LogP contribution is 2.19. The van der Waals surface area contributed by atoms with Crippen LogP contribution in [-0.2, 0) is 22.7 Å². The minimum atomic E-state index is -0.293. The van der Waals surface area contributed by atoms with E-state index in [2.05, 4.69) is 10.3 Å². The number of para-hydroxylation sites is 2. The summed E-state index contributed by atoms with van der Waals surface area (Å²) in [6.07, 6.45) is 3.09. The lowest BCUT2D eigenvalue weighted by atomic mass is 9.97. The molecule has 1 unspecified atom stereocenters. The molecule has 1 aliphatic rings. The summed E-state index contributed by atoms with van der Waals surface area (Å²) in [6, 6.07) is 12.8. The molecule has 4 rings (SSSR count). The molecule has 0 radical (unpaired) electrons. The number of hydrogen-bond acceptors (Lipinski definition) is 4. The number of imidazole rings is 1. The first-order chi connectivity index (χ1) is 14.6. The first kappa shape index (κ1) is 19.9. The molecule has 156 valence electrons. The summed E-state index contributed by atoms with van der Waals surface area (Å²) in [5.74, 6) is -0.0688. The third-order valence-corrected chi connectivity index (χ3v) is 5.60. The molecule has 8 nitrogen and oxygen atoms in total. The number of anilines is 1. The van der Waals surface area contributed by atoms with Crippen LogP contribution < -0.4 is 11.0 Å². The van der Waals surface area contributed by atoms with Crippen LogP contribution in [0, 0.1) is 5.92 Å². The van der Waals surface area contributed by atoms with Crippen molar-refractivity contribution in [2.45, 2.75) is 32.9 Å². The quantitative estimate of drug-likeness (QED) is 0.701. The van der Waals surface area contributed by atoms with Crippen LogP contribution >= 0.6 is 0 Å². The van der Waals surface area contributed by atoms with E-state index in [9.17, 15) is 14.4 Å². The number of pyridine rings is 1. The molecule has 0 spiro atoms. The van der Waals surface area contributed by atoms with Gasteiger partial charge in [-0.25, -0.2) is 9.78 Å². The number of hydrogen-bond donors (Lipinski definition) is 1. The third-order valence-electron chi connectivity index (χ3n) is 5.60. The molecule has 0 aliphatic carbocycles. The van der Waals surface area contributed by atoms with Gasteiger partial charge in [0.25, 0.3) is 0 Å². The van der Waals surface area contributed by atoms with E-state index in [1.807, 2.05) is 37.3 Å². The molecule has 30 heavy (non-hydrogen) atoms. The molecular formula is C22H25N5O3. The second kappa shape index (κ2) is 8.52. The lowest BCUT2D eigenvalue weighted by Crippen LogP contribution is -2.45. The van der Waals surface area contributed by atoms with Gasteiger partial charge in [-0.2, -0.15) is 0 Å². The Morgan fingerprint density at radius 3 is 2.53 bits per heavy atom. The van der Waals surface area contributed by atoms with Gasteiger partial charge in [0.2, 0.25) is 11.8 Å². The van der Waals surface area contributed by atoms with Crippen molar-refractivity contribution >= 4 is 28.7 Å². The molecule has 1 atom stereocenters. The SMILES string of the molecule is CCn1c(=O)n(CC(=O)N2CCCC(C(=O)Nc3ccccn3)C2)c2ccccc21. The van der Waals surface area contributed by atoms with E-state index in [0.717, 1.165) is 23.9 Å². The average molecular weight is 407 g/mol. The Labute approximate surface area is 174 Å². The van der Waals surface area contributed by atoms with Gasteiger partial charge < -0.3 is 10.2 Å². The third kappa shape index (κ3) is 3.85. The Kier molecular flexibility index (Phi) is 5.65. The van der Waals surface area contributed by atoms with Crippen LogP contribution in [0.4, 0.5) is 5.82 Å². The number of nitrogens with one attached hydrogen (secondary N) is 1. The maximum absolute atomic E-state index is 13.0. The van der Waals surface area contributed by atoms with Gasteiger partial charge in [0.1, 0.15) is 12.4 Å². The van der Waals surface area contributed by atoms with Gasteiger partial charge in [0, 0.05) is 25.8 Å². The van der Waals surface area contributed by atoms with E-state index in [4.69, 9.17) is 0 Å². The first-order valence-corrected chi connectivity index (χ1v) is 10.3. The second-order valence-corrected chi connectivity index (χ2v) is 7.48. The zero-order valence-electron chi connectivity index (χ0n) is 17.0. The van der Waals surface area contributed by atoms with Crippen LogP contribution in [0.2, 0.25) is 0 Å². The fourth-order valence-electron chi connectivity index (χ4n) is 4.05. The van der Waals surface area contributed by atoms with E-state index in [-0.39, 0.29) is 30.0 Å². The molecule has 1 fully saturated rings. The maximum atomic E-state index is 13.0. The Balaban J connectivity index is 1.48. The molecule has 2 aromatic heterocycles. The zero-order chi connectivity index (χ0) is 21.1. The van der Waals surface area contributed by atoms with Crippen molar-refractivity contribution in [3.8, 4) is 0 Å². The van der Waals surface area contributed by atoms with Crippen LogP contribution in [0.5, 0.6) is 0 Å². The topological polar surface area (TPSA) is 89.2 Å². The predicted molar refractivity (Wildman–Crippen MR) is 114 cm³/mol. The number of aromatic nitrogens is 3. The smallest absolute Gasteiger partial charge is 0.329 e. The highest BCUT2D eigenvalue weighted by Gasteiger charge is 2.29. The van der Waals surface area contributed by atoms with Crippen LogP contribution in [0.1, 0.15) is 19.8 Å². The Morgan fingerprint density at radius 1 is 1.10 bits per heavy atom. The molecule has 3 heterocycles. The predicted octanol–water partition coefficient (Wildman–Crippen LogP) is 2.10. The van der Waals surface area contributed by atoms with Crippen molar-refractivity contribution in [1.82, 2.24) is 19.0 Å². The Hall–Kier alpha value is -3.42. The summed E-state index contributed by atoms with van der Waals surface area (Å²) in [5, 5.41) is 2.82. The molecule has 0 saturated carbocycles. The van der Waals surface area contributed by atoms with Gasteiger partial charge in [0.05, 0.1) is 17.0 Å². The highest BCUT2D eigenvalue weighted by atomic mass is 16.2. The van der Waals surface area contributed by atoms with Crippen LogP contribution in [0.15, 0.2) is 53.5 Å². The van der Waals surface area contributed by atoms with Crippen LogP contribution in [0.25, 0.3) is 11.0 Å². The van der Waals surface area contributed by atoms with E-state index in [1.54, 1.807) is 27.8 Å². The van der Waals surface area contributed by atoms with Crippen molar-refractivity contribution in [1.29, 1.82) is 0 Å². The zero-order valence-corrected chi connectivity index (χ0v) is 17.0.